The molecule has 1 fully saturated rings. The van der Waals surface area contributed by atoms with Crippen molar-refractivity contribution in [1.82, 2.24) is 5.32 Å². The highest BCUT2D eigenvalue weighted by Crippen LogP contribution is 2.26. The van der Waals surface area contributed by atoms with Crippen molar-refractivity contribution in [1.29, 1.82) is 0 Å². The van der Waals surface area contributed by atoms with Crippen molar-refractivity contribution in [2.45, 2.75) is 31.7 Å². The SMILES string of the molecule is O=C(c1cccc2ccsc12)C1CCCCCN1. The third-order valence-corrected chi connectivity index (χ3v) is 4.58. The van der Waals surface area contributed by atoms with Gasteiger partial charge in [-0.3, -0.25) is 4.79 Å². The molecule has 0 aliphatic carbocycles. The van der Waals surface area contributed by atoms with Crippen LogP contribution in [0.4, 0.5) is 0 Å². The largest absolute Gasteiger partial charge is 0.307 e. The van der Waals surface area contributed by atoms with Crippen LogP contribution >= 0.6 is 11.3 Å². The molecule has 0 spiro atoms. The van der Waals surface area contributed by atoms with Gasteiger partial charge in [-0.05, 0) is 42.3 Å². The van der Waals surface area contributed by atoms with Crippen LogP contribution < -0.4 is 5.32 Å². The molecule has 3 rings (SSSR count). The minimum atomic E-state index is 0.0141. The third kappa shape index (κ3) is 2.20. The minimum absolute atomic E-state index is 0.0141. The normalized spacial score (nSPS) is 20.8. The number of Topliss-reactive ketones (excluding diaryl/α,β-unsaturated/α-hetero) is 1. The van der Waals surface area contributed by atoms with Gasteiger partial charge in [-0.15, -0.1) is 11.3 Å². The fourth-order valence-electron chi connectivity index (χ4n) is 2.63. The number of rotatable bonds is 2. The molecule has 1 aromatic heterocycles. The van der Waals surface area contributed by atoms with Crippen molar-refractivity contribution in [2.75, 3.05) is 6.54 Å². The summed E-state index contributed by atoms with van der Waals surface area (Å²) in [6.45, 7) is 0.969. The molecule has 1 N–H and O–H groups in total. The summed E-state index contributed by atoms with van der Waals surface area (Å²) < 4.78 is 1.13. The Morgan fingerprint density at radius 2 is 2.17 bits per heavy atom. The summed E-state index contributed by atoms with van der Waals surface area (Å²) in [6.07, 6.45) is 4.55. The van der Waals surface area contributed by atoms with E-state index in [-0.39, 0.29) is 11.8 Å². The van der Waals surface area contributed by atoms with Gasteiger partial charge in [0, 0.05) is 10.3 Å². The highest BCUT2D eigenvalue weighted by atomic mass is 32.1. The Balaban J connectivity index is 1.93. The van der Waals surface area contributed by atoms with Crippen LogP contribution in [0.2, 0.25) is 0 Å². The monoisotopic (exact) mass is 259 g/mol. The Bertz CT molecular complexity index is 552. The summed E-state index contributed by atoms with van der Waals surface area (Å²) in [6, 6.07) is 8.12. The van der Waals surface area contributed by atoms with E-state index >= 15 is 0 Å². The van der Waals surface area contributed by atoms with Crippen molar-refractivity contribution in [3.05, 3.63) is 35.2 Å². The van der Waals surface area contributed by atoms with E-state index in [1.165, 1.54) is 18.2 Å². The number of ketones is 1. The summed E-state index contributed by atoms with van der Waals surface area (Å²) in [5.74, 6) is 0.268. The molecule has 0 saturated carbocycles. The predicted molar refractivity (Wildman–Crippen MR) is 76.4 cm³/mol. The van der Waals surface area contributed by atoms with Crippen molar-refractivity contribution in [3.63, 3.8) is 0 Å². The Kier molecular flexibility index (Phi) is 3.43. The van der Waals surface area contributed by atoms with Gasteiger partial charge in [0.2, 0.25) is 0 Å². The average Bonchev–Trinajstić information content (AvgIpc) is 2.71. The molecule has 0 amide bonds. The summed E-state index contributed by atoms with van der Waals surface area (Å²) in [7, 11) is 0. The van der Waals surface area contributed by atoms with Crippen LogP contribution in [-0.4, -0.2) is 18.4 Å². The van der Waals surface area contributed by atoms with Gasteiger partial charge in [-0.1, -0.05) is 25.0 Å². The smallest absolute Gasteiger partial charge is 0.181 e. The maximum absolute atomic E-state index is 12.6. The molecule has 1 aromatic carbocycles. The third-order valence-electron chi connectivity index (χ3n) is 3.62. The first-order valence-corrected chi connectivity index (χ1v) is 7.48. The first-order chi connectivity index (χ1) is 8.86. The van der Waals surface area contributed by atoms with E-state index in [9.17, 15) is 4.79 Å². The van der Waals surface area contributed by atoms with Crippen LogP contribution in [0.3, 0.4) is 0 Å². The lowest BCUT2D eigenvalue weighted by Gasteiger charge is -2.14. The average molecular weight is 259 g/mol. The number of nitrogens with one attached hydrogen (secondary N) is 1. The topological polar surface area (TPSA) is 29.1 Å². The highest BCUT2D eigenvalue weighted by molar-refractivity contribution is 7.17. The zero-order chi connectivity index (χ0) is 12.4. The lowest BCUT2D eigenvalue weighted by atomic mass is 9.99. The van der Waals surface area contributed by atoms with Crippen LogP contribution in [0.25, 0.3) is 10.1 Å². The van der Waals surface area contributed by atoms with Crippen LogP contribution in [-0.2, 0) is 0 Å². The molecule has 0 bridgehead atoms. The number of carbonyl (C=O) groups excluding carboxylic acids is 1. The lowest BCUT2D eigenvalue weighted by molar-refractivity contribution is 0.0942. The predicted octanol–water partition coefficient (Wildman–Crippen LogP) is 3.62. The number of thiophene rings is 1. The number of hydrogen-bond acceptors (Lipinski definition) is 3. The van der Waals surface area contributed by atoms with E-state index in [0.29, 0.717) is 0 Å². The van der Waals surface area contributed by atoms with Gasteiger partial charge in [0.25, 0.3) is 0 Å². The molecule has 0 radical (unpaired) electrons. The molecule has 1 aliphatic rings. The fraction of sp³-hybridized carbons (Fsp3) is 0.400. The van der Waals surface area contributed by atoms with E-state index in [1.807, 2.05) is 12.1 Å². The van der Waals surface area contributed by atoms with Gasteiger partial charge < -0.3 is 5.32 Å². The Morgan fingerprint density at radius 1 is 1.22 bits per heavy atom. The standard InChI is InChI=1S/C15H17NOS/c17-14(13-7-2-1-3-9-16-13)12-6-4-5-11-8-10-18-15(11)12/h4-6,8,10,13,16H,1-3,7,9H2. The van der Waals surface area contributed by atoms with E-state index in [4.69, 9.17) is 0 Å². The second-order valence-corrected chi connectivity index (χ2v) is 5.78. The first-order valence-electron chi connectivity index (χ1n) is 6.60. The summed E-state index contributed by atoms with van der Waals surface area (Å²) in [5.41, 5.74) is 0.891. The molecule has 1 atom stereocenters. The van der Waals surface area contributed by atoms with Gasteiger partial charge >= 0.3 is 0 Å². The molecule has 1 saturated heterocycles. The van der Waals surface area contributed by atoms with Crippen molar-refractivity contribution in [2.24, 2.45) is 0 Å². The van der Waals surface area contributed by atoms with Crippen LogP contribution in [0.5, 0.6) is 0 Å². The van der Waals surface area contributed by atoms with Gasteiger partial charge in [0.1, 0.15) is 0 Å². The molecular formula is C15H17NOS. The van der Waals surface area contributed by atoms with Gasteiger partial charge in [0.15, 0.2) is 5.78 Å². The molecule has 2 heterocycles. The van der Waals surface area contributed by atoms with Crippen LogP contribution in [0.1, 0.15) is 36.0 Å². The molecule has 2 nitrogen and oxygen atoms in total. The minimum Gasteiger partial charge on any atom is -0.307 e. The lowest BCUT2D eigenvalue weighted by Crippen LogP contribution is -2.36. The molecule has 2 aromatic rings. The summed E-state index contributed by atoms with van der Waals surface area (Å²) in [4.78, 5) is 12.6. The maximum Gasteiger partial charge on any atom is 0.181 e. The molecule has 18 heavy (non-hydrogen) atoms. The van der Waals surface area contributed by atoms with Crippen molar-refractivity contribution in [3.8, 4) is 0 Å². The molecular weight excluding hydrogens is 242 g/mol. The molecule has 94 valence electrons. The number of fused-ring (bicyclic) bond motifs is 1. The molecule has 1 aliphatic heterocycles. The molecule has 3 heteroatoms. The summed E-state index contributed by atoms with van der Waals surface area (Å²) in [5, 5.41) is 6.63. The zero-order valence-corrected chi connectivity index (χ0v) is 11.1. The second kappa shape index (κ2) is 5.21. The second-order valence-electron chi connectivity index (χ2n) is 4.86. The highest BCUT2D eigenvalue weighted by Gasteiger charge is 2.22. The first kappa shape index (κ1) is 11.9. The Morgan fingerprint density at radius 3 is 3.11 bits per heavy atom. The van der Waals surface area contributed by atoms with Crippen molar-refractivity contribution >= 4 is 27.2 Å². The fourth-order valence-corrected chi connectivity index (χ4v) is 3.55. The number of hydrogen-bond donors (Lipinski definition) is 1. The zero-order valence-electron chi connectivity index (χ0n) is 10.3. The van der Waals surface area contributed by atoms with Gasteiger partial charge in [0.05, 0.1) is 6.04 Å². The van der Waals surface area contributed by atoms with E-state index in [1.54, 1.807) is 11.3 Å². The van der Waals surface area contributed by atoms with Gasteiger partial charge in [-0.2, -0.15) is 0 Å². The maximum atomic E-state index is 12.6. The quantitative estimate of drug-likeness (QED) is 0.835. The van der Waals surface area contributed by atoms with Crippen LogP contribution in [0.15, 0.2) is 29.6 Å². The molecule has 1 unspecified atom stereocenters. The van der Waals surface area contributed by atoms with Crippen molar-refractivity contribution < 1.29 is 4.79 Å². The Labute approximate surface area is 111 Å². The van der Waals surface area contributed by atoms with Crippen LogP contribution in [0, 0.1) is 0 Å². The Hall–Kier alpha value is -1.19. The van der Waals surface area contributed by atoms with E-state index in [0.717, 1.165) is 29.6 Å². The number of benzene rings is 1. The number of carbonyl (C=O) groups is 1. The van der Waals surface area contributed by atoms with E-state index in [2.05, 4.69) is 22.8 Å². The van der Waals surface area contributed by atoms with Gasteiger partial charge in [-0.25, -0.2) is 0 Å². The van der Waals surface area contributed by atoms with E-state index < -0.39 is 0 Å². The summed E-state index contributed by atoms with van der Waals surface area (Å²) >= 11 is 1.66.